The van der Waals surface area contributed by atoms with Crippen molar-refractivity contribution < 1.29 is 19.1 Å². The van der Waals surface area contributed by atoms with E-state index in [-0.39, 0.29) is 6.61 Å². The summed E-state index contributed by atoms with van der Waals surface area (Å²) >= 11 is 0. The summed E-state index contributed by atoms with van der Waals surface area (Å²) in [6.07, 6.45) is 1.18. The van der Waals surface area contributed by atoms with Gasteiger partial charge in [-0.25, -0.2) is 9.59 Å². The largest absolute Gasteiger partial charge is 0.450 e. The molecular weight excluding hydrogens is 186 g/mol. The summed E-state index contributed by atoms with van der Waals surface area (Å²) in [5, 5.41) is 2.41. The molecule has 0 saturated heterocycles. The molecule has 0 spiro atoms. The van der Waals surface area contributed by atoms with E-state index in [4.69, 9.17) is 0 Å². The van der Waals surface area contributed by atoms with Gasteiger partial charge in [0.25, 0.3) is 0 Å². The van der Waals surface area contributed by atoms with Crippen molar-refractivity contribution in [3.63, 3.8) is 0 Å². The number of rotatable bonds is 7. The summed E-state index contributed by atoms with van der Waals surface area (Å²) < 4.78 is 9.18. The molecule has 0 bridgehead atoms. The highest BCUT2D eigenvalue weighted by Crippen LogP contribution is 2.01. The van der Waals surface area contributed by atoms with E-state index in [1.807, 2.05) is 6.92 Å². The number of unbranched alkanes of at least 4 members (excludes halogenated alkanes) is 1. The van der Waals surface area contributed by atoms with Crippen LogP contribution in [0.3, 0.4) is 0 Å². The van der Waals surface area contributed by atoms with Gasteiger partial charge in [-0.1, -0.05) is 13.3 Å². The van der Waals surface area contributed by atoms with Gasteiger partial charge in [-0.2, -0.15) is 0 Å². The molecule has 0 aromatic carbocycles. The topological polar surface area (TPSA) is 64.6 Å². The standard InChI is InChI=1S/C9H16NO4/c1-3-5-6-8(14-7-11)10-9(12)13-4-2/h8H,3-6H2,1-2H3,(H,10,12). The van der Waals surface area contributed by atoms with Crippen LogP contribution in [0.5, 0.6) is 0 Å². The molecule has 0 aliphatic carbocycles. The number of hydrogen-bond acceptors (Lipinski definition) is 4. The van der Waals surface area contributed by atoms with Gasteiger partial charge in [-0.05, 0) is 13.3 Å². The Morgan fingerprint density at radius 2 is 2.21 bits per heavy atom. The molecule has 1 N–H and O–H groups in total. The second-order valence-corrected chi connectivity index (χ2v) is 2.70. The monoisotopic (exact) mass is 202 g/mol. The van der Waals surface area contributed by atoms with Crippen molar-refractivity contribution >= 4 is 12.6 Å². The van der Waals surface area contributed by atoms with Gasteiger partial charge >= 0.3 is 12.6 Å². The van der Waals surface area contributed by atoms with Crippen molar-refractivity contribution in [2.45, 2.75) is 39.3 Å². The molecule has 0 heterocycles. The third-order valence-corrected chi connectivity index (χ3v) is 1.56. The van der Waals surface area contributed by atoms with Gasteiger partial charge in [-0.3, -0.25) is 5.32 Å². The lowest BCUT2D eigenvalue weighted by atomic mass is 10.2. The van der Waals surface area contributed by atoms with Crippen LogP contribution in [-0.4, -0.2) is 25.4 Å². The molecule has 0 saturated carbocycles. The van der Waals surface area contributed by atoms with Crippen molar-refractivity contribution in [2.24, 2.45) is 0 Å². The zero-order valence-electron chi connectivity index (χ0n) is 8.54. The minimum absolute atomic E-state index is 0.289. The lowest BCUT2D eigenvalue weighted by Gasteiger charge is -2.15. The summed E-state index contributed by atoms with van der Waals surface area (Å²) in [5.41, 5.74) is 0. The Bertz CT molecular complexity index is 172. The van der Waals surface area contributed by atoms with Gasteiger partial charge in [0.15, 0.2) is 6.23 Å². The Morgan fingerprint density at radius 3 is 2.71 bits per heavy atom. The number of carbonyl (C=O) groups excluding carboxylic acids is 2. The molecule has 0 aromatic rings. The molecule has 0 aliphatic rings. The number of alkyl carbamates (subject to hydrolysis) is 1. The third kappa shape index (κ3) is 6.28. The maximum Gasteiger partial charge on any atom is 0.419 e. The molecule has 0 aromatic heterocycles. The Labute approximate surface area is 83.8 Å². The van der Waals surface area contributed by atoms with Crippen LogP contribution in [0.2, 0.25) is 0 Å². The average molecular weight is 202 g/mol. The Kier molecular flexibility index (Phi) is 7.59. The lowest BCUT2D eigenvalue weighted by molar-refractivity contribution is 0.0995. The quantitative estimate of drug-likeness (QED) is 0.632. The number of hydrogen-bond donors (Lipinski definition) is 1. The van der Waals surface area contributed by atoms with Crippen LogP contribution < -0.4 is 5.32 Å². The maximum absolute atomic E-state index is 10.9. The number of amides is 1. The van der Waals surface area contributed by atoms with Crippen molar-refractivity contribution in [3.05, 3.63) is 0 Å². The highest BCUT2D eigenvalue weighted by Gasteiger charge is 2.12. The van der Waals surface area contributed by atoms with Crippen LogP contribution in [0.4, 0.5) is 4.79 Å². The first-order valence-electron chi connectivity index (χ1n) is 4.70. The van der Waals surface area contributed by atoms with E-state index in [0.717, 1.165) is 12.8 Å². The summed E-state index contributed by atoms with van der Waals surface area (Å²) in [6.45, 7) is 5.30. The normalized spacial score (nSPS) is 11.6. The molecule has 1 radical (unpaired) electrons. The average Bonchev–Trinajstić information content (AvgIpc) is 2.15. The maximum atomic E-state index is 10.9. The molecule has 1 amide bonds. The van der Waals surface area contributed by atoms with E-state index in [1.54, 1.807) is 6.92 Å². The second kappa shape index (κ2) is 8.34. The van der Waals surface area contributed by atoms with Gasteiger partial charge in [0.1, 0.15) is 0 Å². The Balaban J connectivity index is 3.81. The van der Waals surface area contributed by atoms with Crippen LogP contribution >= 0.6 is 0 Å². The van der Waals surface area contributed by atoms with Crippen LogP contribution in [0.1, 0.15) is 33.1 Å². The first-order valence-corrected chi connectivity index (χ1v) is 4.70. The van der Waals surface area contributed by atoms with Gasteiger partial charge in [0, 0.05) is 6.42 Å². The van der Waals surface area contributed by atoms with Crippen LogP contribution in [0.15, 0.2) is 0 Å². The van der Waals surface area contributed by atoms with E-state index in [0.29, 0.717) is 6.42 Å². The fraction of sp³-hybridized carbons (Fsp3) is 0.778. The van der Waals surface area contributed by atoms with E-state index in [1.165, 1.54) is 6.47 Å². The SMILES string of the molecule is CCCCC(NC(=O)OCC)O[C]=O. The van der Waals surface area contributed by atoms with E-state index in [2.05, 4.69) is 14.8 Å². The lowest BCUT2D eigenvalue weighted by Crippen LogP contribution is -2.37. The molecule has 0 aliphatic heterocycles. The van der Waals surface area contributed by atoms with Gasteiger partial charge < -0.3 is 9.47 Å². The first-order chi connectivity index (χ1) is 6.74. The molecule has 5 heteroatoms. The Hall–Kier alpha value is -1.26. The van der Waals surface area contributed by atoms with Crippen molar-refractivity contribution in [2.75, 3.05) is 6.61 Å². The smallest absolute Gasteiger partial charge is 0.419 e. The van der Waals surface area contributed by atoms with E-state index >= 15 is 0 Å². The molecule has 0 fully saturated rings. The minimum atomic E-state index is -0.633. The first kappa shape index (κ1) is 12.7. The summed E-state index contributed by atoms with van der Waals surface area (Å²) in [5.74, 6) is 0. The van der Waals surface area contributed by atoms with Crippen LogP contribution in [0, 0.1) is 0 Å². The third-order valence-electron chi connectivity index (χ3n) is 1.56. The van der Waals surface area contributed by atoms with Gasteiger partial charge in [0.05, 0.1) is 6.61 Å². The molecular formula is C9H16NO4. The molecule has 5 nitrogen and oxygen atoms in total. The fourth-order valence-corrected chi connectivity index (χ4v) is 0.912. The van der Waals surface area contributed by atoms with Gasteiger partial charge in [-0.15, -0.1) is 0 Å². The van der Waals surface area contributed by atoms with Crippen LogP contribution in [-0.2, 0) is 14.3 Å². The zero-order chi connectivity index (χ0) is 10.8. The summed E-state index contributed by atoms with van der Waals surface area (Å²) in [6, 6.07) is 0. The predicted molar refractivity (Wildman–Crippen MR) is 50.2 cm³/mol. The van der Waals surface area contributed by atoms with E-state index < -0.39 is 12.3 Å². The predicted octanol–water partition coefficient (Wildman–Crippen LogP) is 1.33. The highest BCUT2D eigenvalue weighted by atomic mass is 16.6. The molecule has 1 atom stereocenters. The second-order valence-electron chi connectivity index (χ2n) is 2.70. The summed E-state index contributed by atoms with van der Waals surface area (Å²) in [7, 11) is 0. The molecule has 14 heavy (non-hydrogen) atoms. The zero-order valence-corrected chi connectivity index (χ0v) is 8.54. The van der Waals surface area contributed by atoms with Crippen molar-refractivity contribution in [1.82, 2.24) is 5.32 Å². The number of carbonyl (C=O) groups is 1. The van der Waals surface area contributed by atoms with Crippen molar-refractivity contribution in [3.8, 4) is 0 Å². The highest BCUT2D eigenvalue weighted by molar-refractivity contribution is 5.67. The molecule has 1 unspecified atom stereocenters. The number of ether oxygens (including phenoxy) is 2. The minimum Gasteiger partial charge on any atom is -0.450 e. The molecule has 81 valence electrons. The Morgan fingerprint density at radius 1 is 1.50 bits per heavy atom. The summed E-state index contributed by atoms with van der Waals surface area (Å²) in [4.78, 5) is 20.9. The van der Waals surface area contributed by atoms with E-state index in [9.17, 15) is 9.59 Å². The number of nitrogens with one attached hydrogen (secondary N) is 1. The van der Waals surface area contributed by atoms with Crippen molar-refractivity contribution in [1.29, 1.82) is 0 Å². The molecule has 0 rings (SSSR count). The van der Waals surface area contributed by atoms with Gasteiger partial charge in [0.2, 0.25) is 0 Å². The van der Waals surface area contributed by atoms with Crippen LogP contribution in [0.25, 0.3) is 0 Å². The fourth-order valence-electron chi connectivity index (χ4n) is 0.912.